The Morgan fingerprint density at radius 1 is 1.13 bits per heavy atom. The number of nitriles is 1. The molecule has 1 aromatic heterocycles. The van der Waals surface area contributed by atoms with Crippen LogP contribution in [0.1, 0.15) is 39.6 Å². The third kappa shape index (κ3) is 4.37. The number of benzene rings is 2. The molecule has 1 amide bonds. The van der Waals surface area contributed by atoms with Crippen LogP contribution in [0.2, 0.25) is 0 Å². The molecule has 0 aliphatic heterocycles. The first-order chi connectivity index (χ1) is 14.3. The number of halogens is 1. The van der Waals surface area contributed by atoms with Crippen molar-refractivity contribution in [2.75, 3.05) is 0 Å². The van der Waals surface area contributed by atoms with Gasteiger partial charge in [0.1, 0.15) is 0 Å². The lowest BCUT2D eigenvalue weighted by Gasteiger charge is -2.13. The van der Waals surface area contributed by atoms with E-state index in [1.165, 1.54) is 11.1 Å². The number of hydrogen-bond acceptors (Lipinski definition) is 3. The number of hydrogen-bond donors (Lipinski definition) is 1. The minimum Gasteiger partial charge on any atom is -0.318 e. The van der Waals surface area contributed by atoms with Crippen LogP contribution in [-0.4, -0.2) is 16.7 Å². The Labute approximate surface area is 185 Å². The van der Waals surface area contributed by atoms with Gasteiger partial charge in [-0.15, -0.1) is 0 Å². The molecule has 2 aromatic carbocycles. The second kappa shape index (κ2) is 9.10. The first-order valence-electron chi connectivity index (χ1n) is 9.57. The van der Waals surface area contributed by atoms with Gasteiger partial charge in [-0.05, 0) is 62.6 Å². The van der Waals surface area contributed by atoms with Crippen LogP contribution >= 0.6 is 15.9 Å². The smallest absolute Gasteiger partial charge is 0.261 e. The van der Waals surface area contributed by atoms with Crippen molar-refractivity contribution in [1.82, 2.24) is 9.99 Å². The molecule has 1 atom stereocenters. The van der Waals surface area contributed by atoms with Crippen molar-refractivity contribution in [3.63, 3.8) is 0 Å². The summed E-state index contributed by atoms with van der Waals surface area (Å²) >= 11 is 3.62. The molecule has 6 heteroatoms. The minimum atomic E-state index is -0.899. The lowest BCUT2D eigenvalue weighted by atomic mass is 10.0. The molecular formula is C24H23BrN4O. The largest absolute Gasteiger partial charge is 0.318 e. The highest BCUT2D eigenvalue weighted by Gasteiger charge is 2.19. The van der Waals surface area contributed by atoms with E-state index in [2.05, 4.69) is 57.0 Å². The van der Waals surface area contributed by atoms with Crippen molar-refractivity contribution in [2.45, 2.75) is 33.6 Å². The monoisotopic (exact) mass is 462 g/mol. The van der Waals surface area contributed by atoms with Crippen molar-refractivity contribution in [1.29, 1.82) is 5.26 Å². The summed E-state index contributed by atoms with van der Waals surface area (Å²) in [6, 6.07) is 17.3. The van der Waals surface area contributed by atoms with Gasteiger partial charge in [-0.25, -0.2) is 5.43 Å². The normalized spacial score (nSPS) is 12.0. The van der Waals surface area contributed by atoms with E-state index in [1.807, 2.05) is 32.0 Å². The van der Waals surface area contributed by atoms with Crippen LogP contribution in [0.25, 0.3) is 5.69 Å². The zero-order valence-corrected chi connectivity index (χ0v) is 19.0. The number of carbonyl (C=O) groups is 1. The van der Waals surface area contributed by atoms with Gasteiger partial charge >= 0.3 is 0 Å². The van der Waals surface area contributed by atoms with Gasteiger partial charge in [0.2, 0.25) is 0 Å². The van der Waals surface area contributed by atoms with Crippen LogP contribution in [-0.2, 0) is 4.79 Å². The topological polar surface area (TPSA) is 70.2 Å². The van der Waals surface area contributed by atoms with Gasteiger partial charge in [0.15, 0.2) is 5.92 Å². The third-order valence-electron chi connectivity index (χ3n) is 5.05. The molecule has 1 heterocycles. The van der Waals surface area contributed by atoms with E-state index in [0.29, 0.717) is 5.56 Å². The van der Waals surface area contributed by atoms with Crippen LogP contribution in [0, 0.1) is 39.0 Å². The van der Waals surface area contributed by atoms with Crippen molar-refractivity contribution in [2.24, 2.45) is 5.10 Å². The molecule has 0 saturated carbocycles. The maximum atomic E-state index is 12.4. The second-order valence-electron chi connectivity index (χ2n) is 7.26. The van der Waals surface area contributed by atoms with E-state index >= 15 is 0 Å². The number of nitrogens with zero attached hydrogens (tertiary/aromatic N) is 3. The highest BCUT2D eigenvalue weighted by atomic mass is 79.9. The molecule has 30 heavy (non-hydrogen) atoms. The van der Waals surface area contributed by atoms with Gasteiger partial charge in [0, 0.05) is 27.1 Å². The van der Waals surface area contributed by atoms with Crippen LogP contribution in [0.5, 0.6) is 0 Å². The van der Waals surface area contributed by atoms with E-state index in [0.717, 1.165) is 27.1 Å². The minimum absolute atomic E-state index is 0.451. The second-order valence-corrected chi connectivity index (χ2v) is 8.06. The summed E-state index contributed by atoms with van der Waals surface area (Å²) in [5.41, 5.74) is 9.56. The molecule has 0 spiro atoms. The van der Waals surface area contributed by atoms with Crippen molar-refractivity contribution >= 4 is 28.1 Å². The van der Waals surface area contributed by atoms with E-state index in [9.17, 15) is 10.1 Å². The van der Waals surface area contributed by atoms with Gasteiger partial charge in [-0.1, -0.05) is 46.3 Å². The molecule has 0 fully saturated rings. The van der Waals surface area contributed by atoms with E-state index in [4.69, 9.17) is 0 Å². The van der Waals surface area contributed by atoms with Gasteiger partial charge in [0.05, 0.1) is 12.3 Å². The molecule has 1 N–H and O–H groups in total. The number of carbonyl (C=O) groups excluding carboxylic acids is 1. The Morgan fingerprint density at radius 2 is 1.77 bits per heavy atom. The molecule has 3 rings (SSSR count). The molecule has 0 radical (unpaired) electrons. The Balaban J connectivity index is 1.82. The number of nitrogens with one attached hydrogen (secondary N) is 1. The highest BCUT2D eigenvalue weighted by Crippen LogP contribution is 2.27. The van der Waals surface area contributed by atoms with Crippen molar-refractivity contribution in [3.05, 3.63) is 86.6 Å². The van der Waals surface area contributed by atoms with Crippen LogP contribution < -0.4 is 5.43 Å². The lowest BCUT2D eigenvalue weighted by Crippen LogP contribution is -2.24. The number of aryl methyl sites for hydroxylation is 3. The molecule has 0 saturated heterocycles. The summed E-state index contributed by atoms with van der Waals surface area (Å²) in [6.07, 6.45) is 1.62. The maximum absolute atomic E-state index is 12.4. The summed E-state index contributed by atoms with van der Waals surface area (Å²) in [4.78, 5) is 12.4. The number of hydrazone groups is 1. The SMILES string of the molecule is Cc1cc(-n2c(C)cc(/C=N\NC(=O)[C@@H](C#N)c3ccccc3)c2C)cc(C)c1Br. The number of amides is 1. The summed E-state index contributed by atoms with van der Waals surface area (Å²) < 4.78 is 3.28. The van der Waals surface area contributed by atoms with Gasteiger partial charge in [0.25, 0.3) is 5.91 Å². The van der Waals surface area contributed by atoms with Crippen LogP contribution in [0.3, 0.4) is 0 Å². The van der Waals surface area contributed by atoms with Crippen LogP contribution in [0.4, 0.5) is 0 Å². The Morgan fingerprint density at radius 3 is 2.37 bits per heavy atom. The quantitative estimate of drug-likeness (QED) is 0.416. The molecule has 5 nitrogen and oxygen atoms in total. The molecular weight excluding hydrogens is 440 g/mol. The summed E-state index contributed by atoms with van der Waals surface area (Å²) in [5, 5.41) is 13.5. The molecule has 0 bridgehead atoms. The number of aromatic nitrogens is 1. The van der Waals surface area contributed by atoms with Crippen molar-refractivity contribution < 1.29 is 4.79 Å². The molecule has 0 aliphatic rings. The van der Waals surface area contributed by atoms with E-state index < -0.39 is 11.8 Å². The average Bonchev–Trinajstić information content (AvgIpc) is 3.00. The Hall–Kier alpha value is -3.17. The summed E-state index contributed by atoms with van der Waals surface area (Å²) in [7, 11) is 0. The first kappa shape index (κ1) is 21.5. The fraction of sp³-hybridized carbons (Fsp3) is 0.208. The Kier molecular flexibility index (Phi) is 6.53. The molecule has 152 valence electrons. The first-order valence-corrected chi connectivity index (χ1v) is 10.4. The van der Waals surface area contributed by atoms with Gasteiger partial charge in [-0.3, -0.25) is 4.79 Å². The summed E-state index contributed by atoms with van der Waals surface area (Å²) in [5.74, 6) is -1.35. The predicted molar refractivity (Wildman–Crippen MR) is 123 cm³/mol. The molecule has 3 aromatic rings. The third-order valence-corrected chi connectivity index (χ3v) is 6.30. The average molecular weight is 463 g/mol. The van der Waals surface area contributed by atoms with Gasteiger partial charge in [-0.2, -0.15) is 10.4 Å². The Bertz CT molecular complexity index is 1130. The fourth-order valence-corrected chi connectivity index (χ4v) is 3.76. The highest BCUT2D eigenvalue weighted by molar-refractivity contribution is 9.10. The van der Waals surface area contributed by atoms with Crippen LogP contribution in [0.15, 0.2) is 58.1 Å². The van der Waals surface area contributed by atoms with E-state index in [-0.39, 0.29) is 0 Å². The van der Waals surface area contributed by atoms with Crippen molar-refractivity contribution in [3.8, 4) is 11.8 Å². The lowest BCUT2D eigenvalue weighted by molar-refractivity contribution is -0.121. The van der Waals surface area contributed by atoms with E-state index in [1.54, 1.807) is 30.5 Å². The molecule has 0 unspecified atom stereocenters. The summed E-state index contributed by atoms with van der Waals surface area (Å²) in [6.45, 7) is 8.21. The predicted octanol–water partition coefficient (Wildman–Crippen LogP) is 5.23. The zero-order valence-electron chi connectivity index (χ0n) is 17.4. The van der Waals surface area contributed by atoms with Gasteiger partial charge < -0.3 is 4.57 Å². The molecule has 0 aliphatic carbocycles. The maximum Gasteiger partial charge on any atom is 0.261 e. The zero-order chi connectivity index (χ0) is 21.8. The number of rotatable bonds is 5. The standard InChI is InChI=1S/C24H23BrN4O/c1-15-10-21(11-16(2)23(15)25)29-17(3)12-20(18(29)4)14-27-28-24(30)22(13-26)19-8-6-5-7-9-19/h5-12,14,22H,1-4H3,(H,28,30)/b27-14-/t22-/m0/s1. The fourth-order valence-electron chi connectivity index (χ4n) is 3.53.